The topological polar surface area (TPSA) is 0 Å². The van der Waals surface area contributed by atoms with Crippen LogP contribution in [0.15, 0.2) is 84.9 Å². The molecule has 4 heteroatoms. The molecule has 0 bridgehead atoms. The van der Waals surface area contributed by atoms with E-state index in [0.29, 0.717) is 0 Å². The third kappa shape index (κ3) is 6.92. The van der Waals surface area contributed by atoms with Crippen molar-refractivity contribution in [1.82, 2.24) is 0 Å². The molecule has 0 nitrogen and oxygen atoms in total. The van der Waals surface area contributed by atoms with Crippen molar-refractivity contribution in [2.45, 2.75) is 13.8 Å². The van der Waals surface area contributed by atoms with Gasteiger partial charge in [0.2, 0.25) is 0 Å². The molecule has 0 amide bonds. The van der Waals surface area contributed by atoms with Gasteiger partial charge in [-0.2, -0.15) is 6.07 Å². The smallest absolute Gasteiger partial charge is 0.0771 e. The van der Waals surface area contributed by atoms with E-state index in [1.165, 1.54) is 43.4 Å². The van der Waals surface area contributed by atoms with E-state index in [2.05, 4.69) is 106 Å². The zero-order valence-electron chi connectivity index (χ0n) is 17.8. The summed E-state index contributed by atoms with van der Waals surface area (Å²) >= 11 is -1.79. The fraction of sp³-hybridized carbons (Fsp3) is 0.0769. The van der Waals surface area contributed by atoms with Gasteiger partial charge < -0.3 is 14.9 Å². The van der Waals surface area contributed by atoms with Crippen molar-refractivity contribution in [3.63, 3.8) is 0 Å². The van der Waals surface area contributed by atoms with Crippen molar-refractivity contribution in [2.75, 3.05) is 0 Å². The van der Waals surface area contributed by atoms with Crippen molar-refractivity contribution >= 4 is 56.2 Å². The van der Waals surface area contributed by atoms with Crippen LogP contribution in [0.3, 0.4) is 0 Å². The molecule has 0 spiro atoms. The zero-order chi connectivity index (χ0) is 20.1. The van der Waals surface area contributed by atoms with Gasteiger partial charge in [-0.15, -0.1) is 74.3 Å². The van der Waals surface area contributed by atoms with Crippen molar-refractivity contribution in [2.24, 2.45) is 0 Å². The molecule has 0 fully saturated rings. The van der Waals surface area contributed by atoms with Gasteiger partial charge in [-0.3, -0.25) is 0 Å². The second-order valence-corrected chi connectivity index (χ2v) is 20.3. The summed E-state index contributed by atoms with van der Waals surface area (Å²) in [5.74, 6) is 0. The Bertz CT molecular complexity index is 1180. The minimum absolute atomic E-state index is 0. The third-order valence-corrected chi connectivity index (χ3v) is 4.64. The quantitative estimate of drug-likeness (QED) is 0.139. The van der Waals surface area contributed by atoms with E-state index in [1.54, 1.807) is 0 Å². The summed E-state index contributed by atoms with van der Waals surface area (Å²) in [5.41, 5.74) is 2.73. The Labute approximate surface area is 197 Å². The molecular formula is C26H26Cl2SiZr-4. The predicted molar refractivity (Wildman–Crippen MR) is 136 cm³/mol. The number of hydrogen-bond donors (Lipinski definition) is 0. The Morgan fingerprint density at radius 3 is 1.60 bits per heavy atom. The Morgan fingerprint density at radius 2 is 1.10 bits per heavy atom. The third-order valence-electron chi connectivity index (χ3n) is 4.64. The molecule has 156 valence electrons. The summed E-state index contributed by atoms with van der Waals surface area (Å²) in [6, 6.07) is 30.2. The van der Waals surface area contributed by atoms with Gasteiger partial charge in [0.25, 0.3) is 0 Å². The van der Waals surface area contributed by atoms with Crippen molar-refractivity contribution in [3.05, 3.63) is 111 Å². The monoisotopic (exact) mass is 526 g/mol. The molecule has 0 N–H and O–H groups in total. The van der Waals surface area contributed by atoms with Crippen LogP contribution in [0.25, 0.3) is 32.3 Å². The minimum Gasteiger partial charge on any atom is -0.126 e. The van der Waals surface area contributed by atoms with E-state index in [4.69, 9.17) is 17.0 Å². The maximum absolute atomic E-state index is 5.15. The van der Waals surface area contributed by atoms with E-state index in [-0.39, 0.29) is 14.9 Å². The maximum atomic E-state index is 5.15. The van der Waals surface area contributed by atoms with Crippen molar-refractivity contribution in [3.8, 4) is 0 Å². The van der Waals surface area contributed by atoms with E-state index >= 15 is 0 Å². The summed E-state index contributed by atoms with van der Waals surface area (Å²) in [7, 11) is 10.3. The van der Waals surface area contributed by atoms with Crippen LogP contribution < -0.4 is 0 Å². The molecule has 0 saturated heterocycles. The van der Waals surface area contributed by atoms with E-state index in [1.807, 2.05) is 0 Å². The van der Waals surface area contributed by atoms with Gasteiger partial charge >= 0.3 is 41.9 Å². The van der Waals surface area contributed by atoms with E-state index < -0.39 is 18.0 Å². The van der Waals surface area contributed by atoms with Crippen LogP contribution in [-0.2, 0) is 18.0 Å². The molecule has 0 aliphatic carbocycles. The van der Waals surface area contributed by atoms with Crippen LogP contribution in [0.4, 0.5) is 0 Å². The van der Waals surface area contributed by atoms with Gasteiger partial charge in [-0.05, 0) is 6.92 Å². The van der Waals surface area contributed by atoms with Crippen LogP contribution in [0, 0.1) is 28.7 Å². The molecule has 0 aliphatic heterocycles. The van der Waals surface area contributed by atoms with Gasteiger partial charge in [-0.1, -0.05) is 55.0 Å². The van der Waals surface area contributed by atoms with E-state index in [0.717, 1.165) is 0 Å². The molecule has 0 heterocycles. The molecule has 5 aromatic carbocycles. The van der Waals surface area contributed by atoms with Crippen LogP contribution >= 0.6 is 17.0 Å². The number of fused-ring (bicyclic) bond motifs is 4. The second kappa shape index (κ2) is 12.6. The number of hydrogen-bond acceptors (Lipinski definition) is 0. The minimum atomic E-state index is -1.79. The first-order valence-corrected chi connectivity index (χ1v) is 19.5. The average Bonchev–Trinajstić information content (AvgIpc) is 3.22. The Hall–Kier alpha value is -1.18. The average molecular weight is 529 g/mol. The van der Waals surface area contributed by atoms with Gasteiger partial charge in [-0.25, -0.2) is 0 Å². The Kier molecular flexibility index (Phi) is 11.3. The summed E-state index contributed by atoms with van der Waals surface area (Å²) in [6.07, 6.45) is 0. The van der Waals surface area contributed by atoms with Gasteiger partial charge in [0.05, 0.1) is 0 Å². The fourth-order valence-corrected chi connectivity index (χ4v) is 3.44. The molecule has 0 aromatic heterocycles. The zero-order valence-corrected chi connectivity index (χ0v) is 22.8. The van der Waals surface area contributed by atoms with Gasteiger partial charge in [0, 0.05) is 0 Å². The molecule has 5 rings (SSSR count). The van der Waals surface area contributed by atoms with Crippen LogP contribution in [0.2, 0.25) is 0 Å². The second-order valence-electron chi connectivity index (χ2n) is 6.69. The molecule has 0 aliphatic rings. The molecule has 0 unspecified atom stereocenters. The Balaban J connectivity index is 0.000000244. The maximum Gasteiger partial charge on any atom is -0.0771 e. The molecule has 5 aromatic rings. The largest absolute Gasteiger partial charge is 0.126 e. The summed E-state index contributed by atoms with van der Waals surface area (Å²) in [6.45, 7) is 7.33. The first kappa shape index (κ1) is 26.9. The molecule has 2 radical (unpaired) electrons. The van der Waals surface area contributed by atoms with Gasteiger partial charge in [0.15, 0.2) is 0 Å². The standard InChI is InChI=1S/C13H9.C11H11.2CH3.2ClH.Si.Zr/c1-3-7-12-10(5-1)9-11-6-2-4-8-13(11)12;1-8-6-10-5-3-4-9(2)11(10)7-8;;;;;;/h1-9H;3-7H,1-2H3;2*1H3;2*1H;;/q4*-1;;;;+2/p-2. The molecule has 30 heavy (non-hydrogen) atoms. The first-order valence-electron chi connectivity index (χ1n) is 9.01. The predicted octanol–water partition coefficient (Wildman–Crippen LogP) is 8.78. The van der Waals surface area contributed by atoms with E-state index in [9.17, 15) is 0 Å². The van der Waals surface area contributed by atoms with Crippen molar-refractivity contribution < 1.29 is 18.0 Å². The summed E-state index contributed by atoms with van der Waals surface area (Å²) in [5, 5.41) is 8.15. The SMILES string of the molecule is Cc1cc2c(C)cccc2[cH-]1.[CH3-].[CH3-].[Si]=[Zr]([Cl])[Cl].c1ccc2c(c1)[cH-]c1ccccc12. The van der Waals surface area contributed by atoms with Crippen molar-refractivity contribution in [1.29, 1.82) is 0 Å². The summed E-state index contributed by atoms with van der Waals surface area (Å²) in [4.78, 5) is 0. The normalized spacial score (nSPS) is 9.60. The molecule has 0 saturated carbocycles. The van der Waals surface area contributed by atoms with Crippen LogP contribution in [0.1, 0.15) is 11.1 Å². The number of halogens is 2. The molecule has 0 atom stereocenters. The Morgan fingerprint density at radius 1 is 0.667 bits per heavy atom. The van der Waals surface area contributed by atoms with Gasteiger partial charge in [0.1, 0.15) is 0 Å². The first-order chi connectivity index (χ1) is 13.5. The fourth-order valence-electron chi connectivity index (χ4n) is 3.44. The summed E-state index contributed by atoms with van der Waals surface area (Å²) < 4.78 is 0. The number of rotatable bonds is 0. The number of aryl methyl sites for hydroxylation is 2. The van der Waals surface area contributed by atoms with Crippen LogP contribution in [0.5, 0.6) is 0 Å². The molecular weight excluding hydrogens is 503 g/mol. The van der Waals surface area contributed by atoms with Crippen LogP contribution in [-0.4, -0.2) is 6.88 Å². The number of benzene rings is 3.